The predicted octanol–water partition coefficient (Wildman–Crippen LogP) is 2.41. The van der Waals surface area contributed by atoms with Gasteiger partial charge in [-0.1, -0.05) is 6.92 Å². The molecule has 7 heteroatoms. The van der Waals surface area contributed by atoms with Crippen LogP contribution in [-0.2, 0) is 10.0 Å². The summed E-state index contributed by atoms with van der Waals surface area (Å²) in [5, 5.41) is 2.93. The molecular formula is C20H33N3O3S. The molecule has 1 aromatic carbocycles. The largest absolute Gasteiger partial charge is 0.352 e. The summed E-state index contributed by atoms with van der Waals surface area (Å²) in [5.41, 5.74) is 1.87. The van der Waals surface area contributed by atoms with E-state index in [4.69, 9.17) is 0 Å². The zero-order valence-corrected chi connectivity index (χ0v) is 18.0. The first kappa shape index (κ1) is 21.9. The number of hydrogen-bond donors (Lipinski definition) is 1. The van der Waals surface area contributed by atoms with Crippen molar-refractivity contribution in [3.8, 4) is 0 Å². The van der Waals surface area contributed by atoms with Gasteiger partial charge in [0.1, 0.15) is 0 Å². The van der Waals surface area contributed by atoms with Crippen LogP contribution in [0, 0.1) is 19.8 Å². The number of rotatable bonds is 7. The fraction of sp³-hybridized carbons (Fsp3) is 0.650. The molecule has 1 amide bonds. The molecule has 2 rings (SSSR count). The summed E-state index contributed by atoms with van der Waals surface area (Å²) in [6.45, 7) is 9.75. The van der Waals surface area contributed by atoms with Crippen LogP contribution in [0.2, 0.25) is 0 Å². The third-order valence-corrected chi connectivity index (χ3v) is 7.39. The Hall–Kier alpha value is -1.44. The van der Waals surface area contributed by atoms with Crippen molar-refractivity contribution in [1.29, 1.82) is 0 Å². The van der Waals surface area contributed by atoms with Gasteiger partial charge in [-0.3, -0.25) is 4.79 Å². The number of carbonyl (C=O) groups is 1. The molecule has 1 aliphatic rings. The molecule has 1 heterocycles. The molecule has 0 atom stereocenters. The third kappa shape index (κ3) is 5.53. The summed E-state index contributed by atoms with van der Waals surface area (Å²) >= 11 is 0. The summed E-state index contributed by atoms with van der Waals surface area (Å²) in [5.74, 6) is 0.596. The average molecular weight is 396 g/mol. The van der Waals surface area contributed by atoms with Gasteiger partial charge < -0.3 is 10.2 Å². The van der Waals surface area contributed by atoms with Crippen molar-refractivity contribution in [1.82, 2.24) is 14.5 Å². The molecule has 1 aromatic rings. The predicted molar refractivity (Wildman–Crippen MR) is 109 cm³/mol. The van der Waals surface area contributed by atoms with Crippen molar-refractivity contribution in [2.24, 2.45) is 5.92 Å². The van der Waals surface area contributed by atoms with E-state index in [1.165, 1.54) is 37.3 Å². The maximum Gasteiger partial charge on any atom is 0.251 e. The van der Waals surface area contributed by atoms with E-state index in [1.54, 1.807) is 13.0 Å². The van der Waals surface area contributed by atoms with Crippen LogP contribution in [0.15, 0.2) is 17.0 Å². The van der Waals surface area contributed by atoms with Crippen molar-refractivity contribution in [2.75, 3.05) is 40.3 Å². The van der Waals surface area contributed by atoms with Gasteiger partial charge in [0.25, 0.3) is 5.91 Å². The number of benzene rings is 1. The maximum atomic E-state index is 12.5. The Morgan fingerprint density at radius 3 is 2.44 bits per heavy atom. The zero-order chi connectivity index (χ0) is 20.2. The van der Waals surface area contributed by atoms with Gasteiger partial charge in [-0.15, -0.1) is 0 Å². The van der Waals surface area contributed by atoms with E-state index >= 15 is 0 Å². The number of nitrogens with one attached hydrogen (secondary N) is 1. The minimum atomic E-state index is -3.58. The van der Waals surface area contributed by atoms with Gasteiger partial charge >= 0.3 is 0 Å². The van der Waals surface area contributed by atoms with Crippen molar-refractivity contribution in [3.05, 3.63) is 28.8 Å². The number of hydrogen-bond acceptors (Lipinski definition) is 4. The van der Waals surface area contributed by atoms with Gasteiger partial charge in [-0.05, 0) is 81.9 Å². The van der Waals surface area contributed by atoms with Gasteiger partial charge in [0.15, 0.2) is 0 Å². The molecule has 0 aliphatic carbocycles. The molecule has 0 radical (unpaired) electrons. The van der Waals surface area contributed by atoms with Crippen LogP contribution in [0.4, 0.5) is 0 Å². The van der Waals surface area contributed by atoms with E-state index in [0.29, 0.717) is 17.7 Å². The highest BCUT2D eigenvalue weighted by atomic mass is 32.2. The minimum Gasteiger partial charge on any atom is -0.352 e. The smallest absolute Gasteiger partial charge is 0.251 e. The number of likely N-dealkylation sites (tertiary alicyclic amines) is 1. The molecule has 1 fully saturated rings. The monoisotopic (exact) mass is 395 g/mol. The molecule has 0 unspecified atom stereocenters. The first-order valence-electron chi connectivity index (χ1n) is 9.67. The van der Waals surface area contributed by atoms with Gasteiger partial charge in [-0.2, -0.15) is 0 Å². The van der Waals surface area contributed by atoms with Gasteiger partial charge in [0.05, 0.1) is 4.90 Å². The molecule has 152 valence electrons. The second kappa shape index (κ2) is 9.17. The first-order valence-corrected chi connectivity index (χ1v) is 11.1. The Morgan fingerprint density at radius 1 is 1.22 bits per heavy atom. The first-order chi connectivity index (χ1) is 12.6. The Kier molecular flexibility index (Phi) is 7.42. The second-order valence-corrected chi connectivity index (χ2v) is 9.96. The highest BCUT2D eigenvalue weighted by molar-refractivity contribution is 7.89. The second-order valence-electron chi connectivity index (χ2n) is 7.84. The van der Waals surface area contributed by atoms with Crippen LogP contribution in [0.25, 0.3) is 0 Å². The Balaban J connectivity index is 1.97. The highest BCUT2D eigenvalue weighted by Gasteiger charge is 2.23. The minimum absolute atomic E-state index is 0.195. The van der Waals surface area contributed by atoms with Crippen molar-refractivity contribution >= 4 is 15.9 Å². The normalized spacial score (nSPS) is 16.7. The van der Waals surface area contributed by atoms with Crippen LogP contribution in [-0.4, -0.2) is 63.8 Å². The summed E-state index contributed by atoms with van der Waals surface area (Å²) in [4.78, 5) is 15.2. The van der Waals surface area contributed by atoms with Gasteiger partial charge in [-0.25, -0.2) is 12.7 Å². The summed E-state index contributed by atoms with van der Waals surface area (Å²) < 4.78 is 26.2. The lowest BCUT2D eigenvalue weighted by Crippen LogP contribution is -2.35. The molecule has 0 bridgehead atoms. The molecule has 27 heavy (non-hydrogen) atoms. The Morgan fingerprint density at radius 2 is 1.85 bits per heavy atom. The van der Waals surface area contributed by atoms with E-state index in [1.807, 2.05) is 6.92 Å². The molecule has 0 spiro atoms. The Bertz CT molecular complexity index is 767. The molecule has 0 aromatic heterocycles. The van der Waals surface area contributed by atoms with Crippen molar-refractivity contribution in [2.45, 2.75) is 44.9 Å². The van der Waals surface area contributed by atoms with Crippen molar-refractivity contribution in [3.63, 3.8) is 0 Å². The summed E-state index contributed by atoms with van der Waals surface area (Å²) in [6, 6.07) is 3.24. The van der Waals surface area contributed by atoms with Crippen LogP contribution in [0.3, 0.4) is 0 Å². The Labute approximate surface area is 164 Å². The number of piperidine rings is 1. The molecule has 1 saturated heterocycles. The highest BCUT2D eigenvalue weighted by Crippen LogP contribution is 2.23. The average Bonchev–Trinajstić information content (AvgIpc) is 2.61. The fourth-order valence-corrected chi connectivity index (χ4v) is 4.53. The number of amides is 1. The van der Waals surface area contributed by atoms with Gasteiger partial charge in [0.2, 0.25) is 10.0 Å². The lowest BCUT2D eigenvalue weighted by atomic mass is 9.99. The van der Waals surface area contributed by atoms with E-state index < -0.39 is 10.0 Å². The zero-order valence-electron chi connectivity index (χ0n) is 17.2. The van der Waals surface area contributed by atoms with E-state index in [0.717, 1.165) is 37.5 Å². The number of nitrogens with zero attached hydrogens (tertiary/aromatic N) is 2. The van der Waals surface area contributed by atoms with Crippen molar-refractivity contribution < 1.29 is 13.2 Å². The number of carbonyl (C=O) groups excluding carboxylic acids is 1. The SMILES string of the molecule is Cc1cc(C(=O)NCCCN2CCC(C)CC2)cc(S(=O)(=O)N(C)C)c1C. The van der Waals surface area contributed by atoms with Gasteiger partial charge in [0, 0.05) is 26.2 Å². The number of sulfonamides is 1. The van der Waals surface area contributed by atoms with E-state index in [-0.39, 0.29) is 10.8 Å². The molecular weight excluding hydrogens is 362 g/mol. The third-order valence-electron chi connectivity index (χ3n) is 5.45. The van der Waals surface area contributed by atoms with E-state index in [2.05, 4.69) is 17.1 Å². The maximum absolute atomic E-state index is 12.5. The number of aryl methyl sites for hydroxylation is 1. The fourth-order valence-electron chi connectivity index (χ4n) is 3.32. The van der Waals surface area contributed by atoms with Crippen LogP contribution in [0.1, 0.15) is 47.7 Å². The molecule has 1 aliphatic heterocycles. The van der Waals surface area contributed by atoms with Crippen LogP contribution < -0.4 is 5.32 Å². The summed E-state index contributed by atoms with van der Waals surface area (Å²) in [6.07, 6.45) is 3.39. The molecule has 0 saturated carbocycles. The quantitative estimate of drug-likeness (QED) is 0.720. The van der Waals surface area contributed by atoms with Crippen LogP contribution >= 0.6 is 0 Å². The summed E-state index contributed by atoms with van der Waals surface area (Å²) in [7, 11) is -0.587. The van der Waals surface area contributed by atoms with Crippen LogP contribution in [0.5, 0.6) is 0 Å². The lowest BCUT2D eigenvalue weighted by molar-refractivity contribution is 0.0950. The topological polar surface area (TPSA) is 69.7 Å². The van der Waals surface area contributed by atoms with E-state index in [9.17, 15) is 13.2 Å². The molecule has 6 nitrogen and oxygen atoms in total. The molecule has 1 N–H and O–H groups in total. The standard InChI is InChI=1S/C20H33N3O3S/c1-15-7-11-23(12-8-15)10-6-9-21-20(24)18-13-16(2)17(3)19(14-18)27(25,26)22(4)5/h13-15H,6-12H2,1-5H3,(H,21,24). The lowest BCUT2D eigenvalue weighted by Gasteiger charge is -2.30.